The van der Waals surface area contributed by atoms with Gasteiger partial charge in [-0.15, -0.1) is 0 Å². The first-order valence-electron chi connectivity index (χ1n) is 6.33. The van der Waals surface area contributed by atoms with Crippen molar-refractivity contribution in [2.24, 2.45) is 0 Å². The molecule has 20 heavy (non-hydrogen) atoms. The highest BCUT2D eigenvalue weighted by Crippen LogP contribution is 2.29. The van der Waals surface area contributed by atoms with Crippen molar-refractivity contribution >= 4 is 53.6 Å². The Kier molecular flexibility index (Phi) is 7.56. The Labute approximate surface area is 142 Å². The molecule has 0 aliphatic rings. The zero-order chi connectivity index (χ0) is 15.3. The summed E-state index contributed by atoms with van der Waals surface area (Å²) >= 11 is 8.51. The lowest BCUT2D eigenvalue weighted by molar-refractivity contribution is 0.556. The highest BCUT2D eigenvalue weighted by molar-refractivity contribution is 9.11. The van der Waals surface area contributed by atoms with Gasteiger partial charge in [-0.2, -0.15) is 11.8 Å². The minimum Gasteiger partial charge on any atom is -0.208 e. The van der Waals surface area contributed by atoms with Gasteiger partial charge in [0.15, 0.2) is 0 Å². The third-order valence-corrected chi connectivity index (χ3v) is 7.09. The standard InChI is InChI=1S/C13H19Br2NO2S2/c1-4-19-6-5-10(3)16-20(17,18)13-8-11(14)9(2)7-12(13)15/h7-8,10,16H,4-6H2,1-3H3. The Bertz CT molecular complexity index is 562. The average Bonchev–Trinajstić information content (AvgIpc) is 2.33. The van der Waals surface area contributed by atoms with Gasteiger partial charge in [-0.25, -0.2) is 13.1 Å². The molecule has 0 saturated carbocycles. The molecule has 114 valence electrons. The van der Waals surface area contributed by atoms with E-state index < -0.39 is 10.0 Å². The third-order valence-electron chi connectivity index (χ3n) is 2.76. The van der Waals surface area contributed by atoms with E-state index in [1.54, 1.807) is 12.1 Å². The molecule has 0 spiro atoms. The molecule has 1 aromatic carbocycles. The molecule has 0 aromatic heterocycles. The van der Waals surface area contributed by atoms with Gasteiger partial charge in [0, 0.05) is 15.0 Å². The van der Waals surface area contributed by atoms with Gasteiger partial charge in [0.1, 0.15) is 0 Å². The van der Waals surface area contributed by atoms with Crippen molar-refractivity contribution in [3.8, 4) is 0 Å². The van der Waals surface area contributed by atoms with Crippen molar-refractivity contribution in [3.05, 3.63) is 26.6 Å². The van der Waals surface area contributed by atoms with E-state index in [2.05, 4.69) is 43.5 Å². The van der Waals surface area contributed by atoms with Gasteiger partial charge in [-0.1, -0.05) is 22.9 Å². The number of hydrogen-bond donors (Lipinski definition) is 1. The molecule has 1 atom stereocenters. The Balaban J connectivity index is 2.86. The monoisotopic (exact) mass is 443 g/mol. The molecule has 1 unspecified atom stereocenters. The number of aryl methyl sites for hydroxylation is 1. The smallest absolute Gasteiger partial charge is 0.208 e. The maximum Gasteiger partial charge on any atom is 0.241 e. The largest absolute Gasteiger partial charge is 0.241 e. The van der Waals surface area contributed by atoms with Crippen LogP contribution in [0.3, 0.4) is 0 Å². The van der Waals surface area contributed by atoms with Crippen LogP contribution >= 0.6 is 43.6 Å². The molecule has 0 bridgehead atoms. The second-order valence-corrected chi connectivity index (χ2v) is 9.32. The lowest BCUT2D eigenvalue weighted by Gasteiger charge is -2.15. The fourth-order valence-corrected chi connectivity index (χ4v) is 5.39. The molecule has 0 amide bonds. The van der Waals surface area contributed by atoms with Crippen LogP contribution in [0, 0.1) is 6.92 Å². The van der Waals surface area contributed by atoms with E-state index in [9.17, 15) is 8.42 Å². The summed E-state index contributed by atoms with van der Waals surface area (Å²) < 4.78 is 28.9. The summed E-state index contributed by atoms with van der Waals surface area (Å²) in [6.45, 7) is 5.91. The van der Waals surface area contributed by atoms with Crippen LogP contribution in [0.1, 0.15) is 25.8 Å². The first-order chi connectivity index (χ1) is 9.27. The molecule has 1 N–H and O–H groups in total. The van der Waals surface area contributed by atoms with E-state index in [1.165, 1.54) is 0 Å². The van der Waals surface area contributed by atoms with Crippen LogP contribution < -0.4 is 4.72 Å². The van der Waals surface area contributed by atoms with Crippen LogP contribution in [0.5, 0.6) is 0 Å². The van der Waals surface area contributed by atoms with Crippen LogP contribution in [-0.4, -0.2) is 26.0 Å². The fourth-order valence-electron chi connectivity index (χ4n) is 1.63. The summed E-state index contributed by atoms with van der Waals surface area (Å²) in [7, 11) is -3.50. The highest BCUT2D eigenvalue weighted by atomic mass is 79.9. The molecular formula is C13H19Br2NO2S2. The molecule has 1 aromatic rings. The Morgan fingerprint density at radius 1 is 1.30 bits per heavy atom. The summed E-state index contributed by atoms with van der Waals surface area (Å²) in [5.41, 5.74) is 0.989. The van der Waals surface area contributed by atoms with Crippen molar-refractivity contribution in [1.82, 2.24) is 4.72 Å². The number of benzene rings is 1. The van der Waals surface area contributed by atoms with Crippen LogP contribution in [0.4, 0.5) is 0 Å². The SMILES string of the molecule is CCSCCC(C)NS(=O)(=O)c1cc(Br)c(C)cc1Br. The predicted molar refractivity (Wildman–Crippen MR) is 94.0 cm³/mol. The van der Waals surface area contributed by atoms with Gasteiger partial charge in [0.2, 0.25) is 10.0 Å². The van der Waals surface area contributed by atoms with E-state index in [4.69, 9.17) is 0 Å². The second kappa shape index (κ2) is 8.17. The molecule has 1 rings (SSSR count). The summed E-state index contributed by atoms with van der Waals surface area (Å²) in [5, 5.41) is 0. The van der Waals surface area contributed by atoms with Gasteiger partial charge < -0.3 is 0 Å². The summed E-state index contributed by atoms with van der Waals surface area (Å²) in [5.74, 6) is 2.01. The lowest BCUT2D eigenvalue weighted by Crippen LogP contribution is -2.33. The van der Waals surface area contributed by atoms with Crippen molar-refractivity contribution in [2.75, 3.05) is 11.5 Å². The molecule has 0 fully saturated rings. The number of halogens is 2. The molecular weight excluding hydrogens is 426 g/mol. The maximum atomic E-state index is 12.4. The van der Waals surface area contributed by atoms with Gasteiger partial charge in [0.05, 0.1) is 4.90 Å². The first-order valence-corrected chi connectivity index (χ1v) is 10.6. The maximum absolute atomic E-state index is 12.4. The van der Waals surface area contributed by atoms with Crippen molar-refractivity contribution in [1.29, 1.82) is 0 Å². The fraction of sp³-hybridized carbons (Fsp3) is 0.538. The summed E-state index contributed by atoms with van der Waals surface area (Å²) in [4.78, 5) is 0.268. The van der Waals surface area contributed by atoms with Gasteiger partial charge in [-0.3, -0.25) is 0 Å². The topological polar surface area (TPSA) is 46.2 Å². The third kappa shape index (κ3) is 5.33. The van der Waals surface area contributed by atoms with E-state index in [0.717, 1.165) is 28.0 Å². The lowest BCUT2D eigenvalue weighted by atomic mass is 10.2. The predicted octanol–water partition coefficient (Wildman–Crippen LogP) is 4.33. The minimum atomic E-state index is -3.50. The van der Waals surface area contributed by atoms with E-state index >= 15 is 0 Å². The van der Waals surface area contributed by atoms with E-state index in [0.29, 0.717) is 4.47 Å². The normalized spacial score (nSPS) is 13.4. The van der Waals surface area contributed by atoms with Crippen LogP contribution in [-0.2, 0) is 10.0 Å². The second-order valence-electron chi connectivity index (χ2n) is 4.54. The molecule has 0 aliphatic heterocycles. The van der Waals surface area contributed by atoms with Crippen LogP contribution in [0.2, 0.25) is 0 Å². The Morgan fingerprint density at radius 3 is 2.55 bits per heavy atom. The van der Waals surface area contributed by atoms with Crippen molar-refractivity contribution < 1.29 is 8.42 Å². The minimum absolute atomic E-state index is 0.0778. The van der Waals surface area contributed by atoms with Gasteiger partial charge >= 0.3 is 0 Å². The molecule has 0 aliphatic carbocycles. The highest BCUT2D eigenvalue weighted by Gasteiger charge is 2.21. The molecule has 7 heteroatoms. The Hall–Kier alpha value is 0.440. The number of hydrogen-bond acceptors (Lipinski definition) is 3. The molecule has 0 saturated heterocycles. The zero-order valence-corrected chi connectivity index (χ0v) is 16.5. The molecule has 0 heterocycles. The van der Waals surface area contributed by atoms with Gasteiger partial charge in [0.25, 0.3) is 0 Å². The van der Waals surface area contributed by atoms with E-state index in [1.807, 2.05) is 25.6 Å². The molecule has 3 nitrogen and oxygen atoms in total. The Morgan fingerprint density at radius 2 is 1.95 bits per heavy atom. The molecule has 0 radical (unpaired) electrons. The number of nitrogens with one attached hydrogen (secondary N) is 1. The zero-order valence-electron chi connectivity index (χ0n) is 11.7. The number of sulfonamides is 1. The van der Waals surface area contributed by atoms with Crippen molar-refractivity contribution in [3.63, 3.8) is 0 Å². The number of thioether (sulfide) groups is 1. The first kappa shape index (κ1) is 18.5. The van der Waals surface area contributed by atoms with Crippen LogP contribution in [0.25, 0.3) is 0 Å². The van der Waals surface area contributed by atoms with E-state index in [-0.39, 0.29) is 10.9 Å². The quantitative estimate of drug-likeness (QED) is 0.636. The summed E-state index contributed by atoms with van der Waals surface area (Å²) in [6, 6.07) is 3.36. The summed E-state index contributed by atoms with van der Waals surface area (Å²) in [6.07, 6.45) is 0.822. The van der Waals surface area contributed by atoms with Crippen molar-refractivity contribution in [2.45, 2.75) is 38.1 Å². The number of rotatable bonds is 7. The van der Waals surface area contributed by atoms with Gasteiger partial charge in [-0.05, 0) is 65.4 Å². The van der Waals surface area contributed by atoms with Crippen LogP contribution in [0.15, 0.2) is 26.0 Å². The average molecular weight is 445 g/mol.